The largest absolute Gasteiger partial charge is 0.478 e. The van der Waals surface area contributed by atoms with Gasteiger partial charge in [0.2, 0.25) is 0 Å². The van der Waals surface area contributed by atoms with Gasteiger partial charge in [-0.05, 0) is 12.1 Å². The summed E-state index contributed by atoms with van der Waals surface area (Å²) in [7, 11) is 0. The van der Waals surface area contributed by atoms with E-state index >= 15 is 0 Å². The van der Waals surface area contributed by atoms with Crippen molar-refractivity contribution >= 4 is 11.9 Å². The third-order valence-electron chi connectivity index (χ3n) is 1.81. The average Bonchev–Trinajstić information content (AvgIpc) is 2.41. The van der Waals surface area contributed by atoms with Crippen molar-refractivity contribution < 1.29 is 29.3 Å². The fourth-order valence-corrected chi connectivity index (χ4v) is 1.08. The molecule has 1 heterocycles. The Bertz CT molecular complexity index is 436. The summed E-state index contributed by atoms with van der Waals surface area (Å²) < 4.78 is 9.17. The monoisotopic (exact) mass is 250 g/mol. The molecule has 0 saturated carbocycles. The minimum Gasteiger partial charge on any atom is -0.478 e. The smallest absolute Gasteiger partial charge is 0.336 e. The van der Waals surface area contributed by atoms with Crippen molar-refractivity contribution in [1.29, 1.82) is 0 Å². The zero-order valence-corrected chi connectivity index (χ0v) is 9.15. The first kappa shape index (κ1) is 13.3. The second-order valence-corrected chi connectivity index (χ2v) is 2.97. The van der Waals surface area contributed by atoms with Gasteiger partial charge in [-0.25, -0.2) is 9.59 Å². The maximum Gasteiger partial charge on any atom is 0.336 e. The molecule has 2 rings (SSSR count). The van der Waals surface area contributed by atoms with Gasteiger partial charge in [0, 0.05) is 0 Å². The molecule has 0 fully saturated rings. The molecule has 1 aromatic rings. The SMILES string of the molecule is C1=COC=CO1.O=C(O)c1ccccc1C(=O)O. The zero-order chi connectivity index (χ0) is 13.4. The maximum absolute atomic E-state index is 10.5. The normalized spacial score (nSPS) is 11.6. The molecule has 0 radical (unpaired) electrons. The molecule has 2 N–H and O–H groups in total. The highest BCUT2D eigenvalue weighted by Gasteiger charge is 2.13. The van der Waals surface area contributed by atoms with Gasteiger partial charge >= 0.3 is 11.9 Å². The van der Waals surface area contributed by atoms with Gasteiger partial charge in [-0.3, -0.25) is 0 Å². The van der Waals surface area contributed by atoms with Crippen LogP contribution in [0.3, 0.4) is 0 Å². The fraction of sp³-hybridized carbons (Fsp3) is 0. The first-order valence-corrected chi connectivity index (χ1v) is 4.79. The summed E-state index contributed by atoms with van der Waals surface area (Å²) in [5.41, 5.74) is -0.380. The van der Waals surface area contributed by atoms with E-state index in [9.17, 15) is 9.59 Å². The van der Waals surface area contributed by atoms with Crippen LogP contribution in [-0.2, 0) is 9.47 Å². The van der Waals surface area contributed by atoms with Crippen LogP contribution in [0.1, 0.15) is 20.7 Å². The lowest BCUT2D eigenvalue weighted by molar-refractivity contribution is 0.0651. The second kappa shape index (κ2) is 6.74. The molecule has 0 unspecified atom stereocenters. The summed E-state index contributed by atoms with van der Waals surface area (Å²) in [5.74, 6) is -2.46. The van der Waals surface area contributed by atoms with Gasteiger partial charge in [0.25, 0.3) is 0 Å². The van der Waals surface area contributed by atoms with Gasteiger partial charge in [0.1, 0.15) is 25.0 Å². The Hall–Kier alpha value is -2.76. The number of ether oxygens (including phenoxy) is 2. The van der Waals surface area contributed by atoms with E-state index in [4.69, 9.17) is 10.2 Å². The van der Waals surface area contributed by atoms with E-state index in [2.05, 4.69) is 9.47 Å². The van der Waals surface area contributed by atoms with Gasteiger partial charge in [-0.15, -0.1) is 0 Å². The van der Waals surface area contributed by atoms with E-state index in [1.165, 1.54) is 49.3 Å². The molecule has 6 heteroatoms. The first-order chi connectivity index (χ1) is 8.63. The molecule has 94 valence electrons. The van der Waals surface area contributed by atoms with Crippen LogP contribution < -0.4 is 0 Å². The van der Waals surface area contributed by atoms with Crippen LogP contribution >= 0.6 is 0 Å². The molecule has 0 amide bonds. The van der Waals surface area contributed by atoms with Crippen molar-refractivity contribution in [1.82, 2.24) is 0 Å². The topological polar surface area (TPSA) is 93.1 Å². The number of aromatic carboxylic acids is 2. The summed E-state index contributed by atoms with van der Waals surface area (Å²) in [5, 5.41) is 17.1. The number of rotatable bonds is 2. The van der Waals surface area contributed by atoms with Crippen LogP contribution in [0.5, 0.6) is 0 Å². The molecule has 0 aromatic heterocycles. The van der Waals surface area contributed by atoms with Crippen LogP contribution in [-0.4, -0.2) is 22.2 Å². The Kier molecular flexibility index (Phi) is 4.98. The Morgan fingerprint density at radius 3 is 1.33 bits per heavy atom. The van der Waals surface area contributed by atoms with Crippen LogP contribution in [0.15, 0.2) is 49.3 Å². The standard InChI is InChI=1S/C8H6O4.C4H4O2/c9-7(10)5-3-1-2-4-6(5)8(11)12;1-2-6-4-3-5-1/h1-4H,(H,9,10)(H,11,12);1-4H. The van der Waals surface area contributed by atoms with Crippen molar-refractivity contribution in [3.8, 4) is 0 Å². The Labute approximate surface area is 102 Å². The van der Waals surface area contributed by atoms with Gasteiger partial charge in [0.05, 0.1) is 11.1 Å². The number of carbonyl (C=O) groups is 2. The molecular formula is C12H10O6. The Morgan fingerprint density at radius 1 is 0.778 bits per heavy atom. The summed E-state index contributed by atoms with van der Waals surface area (Å²) >= 11 is 0. The van der Waals surface area contributed by atoms with Crippen molar-refractivity contribution in [2.45, 2.75) is 0 Å². The van der Waals surface area contributed by atoms with Crippen LogP contribution in [0.4, 0.5) is 0 Å². The second-order valence-electron chi connectivity index (χ2n) is 2.97. The third-order valence-corrected chi connectivity index (χ3v) is 1.81. The molecule has 0 saturated heterocycles. The van der Waals surface area contributed by atoms with E-state index in [1.54, 1.807) is 0 Å². The molecular weight excluding hydrogens is 240 g/mol. The molecule has 0 bridgehead atoms. The molecule has 6 nitrogen and oxygen atoms in total. The summed E-state index contributed by atoms with van der Waals surface area (Å²) in [6.45, 7) is 0. The van der Waals surface area contributed by atoms with E-state index in [0.717, 1.165) is 0 Å². The number of benzene rings is 1. The minimum absolute atomic E-state index is 0.190. The fourth-order valence-electron chi connectivity index (χ4n) is 1.08. The van der Waals surface area contributed by atoms with Gasteiger partial charge in [0.15, 0.2) is 0 Å². The molecule has 1 aromatic carbocycles. The van der Waals surface area contributed by atoms with Gasteiger partial charge < -0.3 is 19.7 Å². The van der Waals surface area contributed by atoms with E-state index in [0.29, 0.717) is 0 Å². The lowest BCUT2D eigenvalue weighted by Crippen LogP contribution is -2.06. The average molecular weight is 250 g/mol. The minimum atomic E-state index is -1.23. The van der Waals surface area contributed by atoms with Crippen LogP contribution in [0, 0.1) is 0 Å². The van der Waals surface area contributed by atoms with Crippen molar-refractivity contribution in [3.05, 3.63) is 60.4 Å². The number of carboxylic acids is 2. The lowest BCUT2D eigenvalue weighted by Gasteiger charge is -1.98. The van der Waals surface area contributed by atoms with Crippen LogP contribution in [0.25, 0.3) is 0 Å². The summed E-state index contributed by atoms with van der Waals surface area (Å²) in [4.78, 5) is 20.9. The van der Waals surface area contributed by atoms with Gasteiger partial charge in [-0.2, -0.15) is 0 Å². The predicted octanol–water partition coefficient (Wildman–Crippen LogP) is 2.06. The van der Waals surface area contributed by atoms with Gasteiger partial charge in [-0.1, -0.05) is 12.1 Å². The third kappa shape index (κ3) is 4.01. The highest BCUT2D eigenvalue weighted by molar-refractivity contribution is 6.01. The number of carboxylic acid groups (broad SMARTS) is 2. The van der Waals surface area contributed by atoms with E-state index < -0.39 is 11.9 Å². The molecule has 18 heavy (non-hydrogen) atoms. The number of hydrogen-bond acceptors (Lipinski definition) is 4. The first-order valence-electron chi connectivity index (χ1n) is 4.79. The van der Waals surface area contributed by atoms with E-state index in [-0.39, 0.29) is 11.1 Å². The Balaban J connectivity index is 0.000000225. The van der Waals surface area contributed by atoms with Crippen LogP contribution in [0.2, 0.25) is 0 Å². The van der Waals surface area contributed by atoms with Crippen molar-refractivity contribution in [3.63, 3.8) is 0 Å². The van der Waals surface area contributed by atoms with E-state index in [1.807, 2.05) is 0 Å². The molecule has 1 aliphatic heterocycles. The Morgan fingerprint density at radius 2 is 1.11 bits per heavy atom. The highest BCUT2D eigenvalue weighted by Crippen LogP contribution is 2.07. The highest BCUT2D eigenvalue weighted by atomic mass is 16.5. The predicted molar refractivity (Wildman–Crippen MR) is 60.8 cm³/mol. The maximum atomic E-state index is 10.5. The van der Waals surface area contributed by atoms with Crippen molar-refractivity contribution in [2.75, 3.05) is 0 Å². The molecule has 1 aliphatic rings. The number of hydrogen-bond donors (Lipinski definition) is 2. The quantitative estimate of drug-likeness (QED) is 0.834. The molecule has 0 atom stereocenters. The zero-order valence-electron chi connectivity index (χ0n) is 9.15. The lowest BCUT2D eigenvalue weighted by atomic mass is 10.1. The summed E-state index contributed by atoms with van der Waals surface area (Å²) in [6.07, 6.45) is 5.83. The van der Waals surface area contributed by atoms with Crippen molar-refractivity contribution in [2.24, 2.45) is 0 Å². The molecule has 0 aliphatic carbocycles. The molecule has 0 spiro atoms. The summed E-state index contributed by atoms with van der Waals surface area (Å²) in [6, 6.07) is 5.48.